The summed E-state index contributed by atoms with van der Waals surface area (Å²) in [6.45, 7) is 1.85. The first-order valence-electron chi connectivity index (χ1n) is 9.30. The van der Waals surface area contributed by atoms with Crippen LogP contribution in [0.1, 0.15) is 30.4 Å². The standard InChI is InChI=1S/C20H22N6O3/c1-2-17(22-20(28)29-14-15-8-4-3-5-9-15)18(27)13-26-24-19(23-25-26)12-16-10-6-7-11-21-16/h3-11,17H,2,12-14H2,1H3,(H,22,28). The zero-order chi connectivity index (χ0) is 20.5. The highest BCUT2D eigenvalue weighted by Crippen LogP contribution is 2.03. The maximum Gasteiger partial charge on any atom is 0.408 e. The highest BCUT2D eigenvalue weighted by Gasteiger charge is 2.21. The number of amides is 1. The number of ether oxygens (including phenoxy) is 1. The first-order valence-corrected chi connectivity index (χ1v) is 9.30. The molecule has 3 rings (SSSR count). The van der Waals surface area contributed by atoms with Crippen molar-refractivity contribution in [2.45, 2.75) is 39.0 Å². The number of aromatic nitrogens is 5. The van der Waals surface area contributed by atoms with E-state index in [1.807, 2.05) is 48.5 Å². The smallest absolute Gasteiger partial charge is 0.408 e. The van der Waals surface area contributed by atoms with E-state index in [-0.39, 0.29) is 18.9 Å². The summed E-state index contributed by atoms with van der Waals surface area (Å²) in [5.74, 6) is 0.241. The predicted octanol–water partition coefficient (Wildman–Crippen LogP) is 1.93. The minimum absolute atomic E-state index is 0.0906. The first-order chi connectivity index (χ1) is 14.1. The topological polar surface area (TPSA) is 112 Å². The van der Waals surface area contributed by atoms with Crippen molar-refractivity contribution in [3.05, 3.63) is 71.8 Å². The van der Waals surface area contributed by atoms with E-state index in [9.17, 15) is 9.59 Å². The summed E-state index contributed by atoms with van der Waals surface area (Å²) in [6, 6.07) is 14.2. The van der Waals surface area contributed by atoms with Crippen molar-refractivity contribution >= 4 is 11.9 Å². The number of benzene rings is 1. The quantitative estimate of drug-likeness (QED) is 0.590. The van der Waals surface area contributed by atoms with Crippen LogP contribution in [-0.2, 0) is 29.1 Å². The van der Waals surface area contributed by atoms with Crippen molar-refractivity contribution < 1.29 is 14.3 Å². The Morgan fingerprint density at radius 1 is 1.14 bits per heavy atom. The number of Topliss-reactive ketones (excluding diaryl/α,β-unsaturated/α-hetero) is 1. The van der Waals surface area contributed by atoms with E-state index in [2.05, 4.69) is 25.7 Å². The number of hydrogen-bond donors (Lipinski definition) is 1. The summed E-state index contributed by atoms with van der Waals surface area (Å²) in [7, 11) is 0. The summed E-state index contributed by atoms with van der Waals surface area (Å²) < 4.78 is 5.17. The molecule has 3 aromatic rings. The molecule has 0 aliphatic heterocycles. The Balaban J connectivity index is 1.49. The Morgan fingerprint density at radius 3 is 2.66 bits per heavy atom. The molecule has 1 aromatic carbocycles. The average molecular weight is 394 g/mol. The van der Waals surface area contributed by atoms with E-state index in [0.29, 0.717) is 18.7 Å². The van der Waals surface area contributed by atoms with Gasteiger partial charge >= 0.3 is 6.09 Å². The fourth-order valence-corrected chi connectivity index (χ4v) is 2.65. The van der Waals surface area contributed by atoms with Gasteiger partial charge in [0.15, 0.2) is 11.6 Å². The molecule has 0 aliphatic carbocycles. The Bertz CT molecular complexity index is 930. The summed E-state index contributed by atoms with van der Waals surface area (Å²) in [6.07, 6.45) is 1.90. The van der Waals surface area contributed by atoms with Crippen LogP contribution in [0.3, 0.4) is 0 Å². The van der Waals surface area contributed by atoms with Crippen molar-refractivity contribution in [1.29, 1.82) is 0 Å². The molecule has 9 heteroatoms. The molecule has 0 fully saturated rings. The molecule has 9 nitrogen and oxygen atoms in total. The van der Waals surface area contributed by atoms with E-state index < -0.39 is 12.1 Å². The molecule has 2 heterocycles. The third-order valence-electron chi connectivity index (χ3n) is 4.16. The first kappa shape index (κ1) is 20.1. The van der Waals surface area contributed by atoms with Gasteiger partial charge < -0.3 is 10.1 Å². The van der Waals surface area contributed by atoms with E-state index >= 15 is 0 Å². The third kappa shape index (κ3) is 6.20. The van der Waals surface area contributed by atoms with Gasteiger partial charge in [0, 0.05) is 11.9 Å². The van der Waals surface area contributed by atoms with Crippen molar-refractivity contribution in [2.75, 3.05) is 0 Å². The SMILES string of the molecule is CCC(NC(=O)OCc1ccccc1)C(=O)Cn1nnc(Cc2ccccn2)n1. The molecule has 0 saturated carbocycles. The van der Waals surface area contributed by atoms with Crippen molar-refractivity contribution in [1.82, 2.24) is 30.5 Å². The number of carbonyl (C=O) groups excluding carboxylic acids is 2. The number of carbonyl (C=O) groups is 2. The lowest BCUT2D eigenvalue weighted by molar-refractivity contribution is -0.122. The Morgan fingerprint density at radius 2 is 1.93 bits per heavy atom. The summed E-state index contributed by atoms with van der Waals surface area (Å²) in [4.78, 5) is 30.0. The number of ketones is 1. The van der Waals surface area contributed by atoms with Crippen molar-refractivity contribution in [3.63, 3.8) is 0 Å². The number of nitrogens with one attached hydrogen (secondary N) is 1. The maximum atomic E-state index is 12.5. The van der Waals surface area contributed by atoms with E-state index in [1.165, 1.54) is 4.80 Å². The summed E-state index contributed by atoms with van der Waals surface area (Å²) in [5, 5.41) is 14.7. The lowest BCUT2D eigenvalue weighted by Crippen LogP contribution is -2.42. The van der Waals surface area contributed by atoms with Crippen LogP contribution in [0.2, 0.25) is 0 Å². The highest BCUT2D eigenvalue weighted by molar-refractivity contribution is 5.87. The van der Waals surface area contributed by atoms with E-state index in [0.717, 1.165) is 11.3 Å². The van der Waals surface area contributed by atoms with Crippen LogP contribution in [0, 0.1) is 0 Å². The Labute approximate surface area is 168 Å². The number of nitrogens with zero attached hydrogens (tertiary/aromatic N) is 5. The predicted molar refractivity (Wildman–Crippen MR) is 104 cm³/mol. The average Bonchev–Trinajstić information content (AvgIpc) is 3.18. The molecule has 1 amide bonds. The molecule has 2 aromatic heterocycles. The van der Waals surface area contributed by atoms with Gasteiger partial charge in [0.25, 0.3) is 0 Å². The molecule has 0 aliphatic rings. The molecule has 150 valence electrons. The van der Waals surface area contributed by atoms with Crippen LogP contribution in [0.25, 0.3) is 0 Å². The molecule has 1 atom stereocenters. The monoisotopic (exact) mass is 394 g/mol. The van der Waals surface area contributed by atoms with Gasteiger partial charge in [0.1, 0.15) is 13.2 Å². The van der Waals surface area contributed by atoms with Gasteiger partial charge in [0.2, 0.25) is 0 Å². The molecule has 0 bridgehead atoms. The van der Waals surface area contributed by atoms with Crippen LogP contribution in [0.4, 0.5) is 4.79 Å². The van der Waals surface area contributed by atoms with Crippen molar-refractivity contribution in [2.24, 2.45) is 0 Å². The fraction of sp³-hybridized carbons (Fsp3) is 0.300. The number of rotatable bonds is 9. The maximum absolute atomic E-state index is 12.5. The van der Waals surface area contributed by atoms with Crippen molar-refractivity contribution in [3.8, 4) is 0 Å². The van der Waals surface area contributed by atoms with Gasteiger partial charge in [-0.1, -0.05) is 43.3 Å². The molecule has 1 unspecified atom stereocenters. The molecule has 0 spiro atoms. The Hall–Kier alpha value is -3.62. The minimum Gasteiger partial charge on any atom is -0.445 e. The highest BCUT2D eigenvalue weighted by atomic mass is 16.5. The number of pyridine rings is 1. The summed E-state index contributed by atoms with van der Waals surface area (Å²) in [5.41, 5.74) is 1.68. The zero-order valence-corrected chi connectivity index (χ0v) is 16.1. The van der Waals surface area contributed by atoms with Crippen LogP contribution >= 0.6 is 0 Å². The second kappa shape index (κ2) is 10.1. The number of alkyl carbamates (subject to hydrolysis) is 1. The van der Waals surface area contributed by atoms with Crippen LogP contribution < -0.4 is 5.32 Å². The van der Waals surface area contributed by atoms with Gasteiger partial charge in [-0.3, -0.25) is 9.78 Å². The largest absolute Gasteiger partial charge is 0.445 e. The van der Waals surface area contributed by atoms with Gasteiger partial charge in [-0.05, 0) is 29.3 Å². The second-order valence-electron chi connectivity index (χ2n) is 6.37. The molecule has 0 radical (unpaired) electrons. The fourth-order valence-electron chi connectivity index (χ4n) is 2.65. The lowest BCUT2D eigenvalue weighted by Gasteiger charge is -2.15. The number of tetrazole rings is 1. The minimum atomic E-state index is -0.691. The van der Waals surface area contributed by atoms with Gasteiger partial charge in [-0.15, -0.1) is 10.2 Å². The van der Waals surface area contributed by atoms with Gasteiger partial charge in [0.05, 0.1) is 12.5 Å². The van der Waals surface area contributed by atoms with Crippen LogP contribution in [-0.4, -0.2) is 43.1 Å². The third-order valence-corrected chi connectivity index (χ3v) is 4.16. The molecule has 29 heavy (non-hydrogen) atoms. The van der Waals surface area contributed by atoms with E-state index in [1.54, 1.807) is 13.1 Å². The molecular formula is C20H22N6O3. The molecule has 1 N–H and O–H groups in total. The van der Waals surface area contributed by atoms with E-state index in [4.69, 9.17) is 4.74 Å². The normalized spacial score (nSPS) is 11.6. The Kier molecular flexibility index (Phi) is 6.99. The summed E-state index contributed by atoms with van der Waals surface area (Å²) >= 11 is 0. The lowest BCUT2D eigenvalue weighted by atomic mass is 10.1. The zero-order valence-electron chi connectivity index (χ0n) is 16.1. The van der Waals surface area contributed by atoms with Crippen LogP contribution in [0.5, 0.6) is 0 Å². The number of hydrogen-bond acceptors (Lipinski definition) is 7. The van der Waals surface area contributed by atoms with Gasteiger partial charge in [-0.25, -0.2) is 4.79 Å². The van der Waals surface area contributed by atoms with Crippen LogP contribution in [0.15, 0.2) is 54.7 Å². The molecular weight excluding hydrogens is 372 g/mol. The second-order valence-corrected chi connectivity index (χ2v) is 6.37. The molecule has 0 saturated heterocycles. The van der Waals surface area contributed by atoms with Gasteiger partial charge in [-0.2, -0.15) is 4.80 Å².